The summed E-state index contributed by atoms with van der Waals surface area (Å²) in [6.45, 7) is 1.06. The Morgan fingerprint density at radius 1 is 1.25 bits per heavy atom. The Labute approximate surface area is 117 Å². The third-order valence-electron chi connectivity index (χ3n) is 2.63. The highest BCUT2D eigenvalue weighted by molar-refractivity contribution is 7.94. The lowest BCUT2D eigenvalue weighted by Gasteiger charge is -2.16. The molecule has 1 atom stereocenters. The molecule has 0 saturated carbocycles. The van der Waals surface area contributed by atoms with Crippen LogP contribution in [0.4, 0.5) is 5.69 Å². The summed E-state index contributed by atoms with van der Waals surface area (Å²) < 4.78 is 25.9. The molecule has 1 unspecified atom stereocenters. The minimum Gasteiger partial charge on any atom is -0.480 e. The van der Waals surface area contributed by atoms with Crippen LogP contribution in [-0.2, 0) is 14.8 Å². The number of hydrogen-bond donors (Lipinski definition) is 2. The number of para-hydroxylation sites is 1. The summed E-state index contributed by atoms with van der Waals surface area (Å²) in [6, 6.07) is 6.01. The van der Waals surface area contributed by atoms with E-state index in [1.165, 1.54) is 31.1 Å². The Hall–Kier alpha value is -2.09. The normalized spacial score (nSPS) is 12.6. The van der Waals surface area contributed by atoms with Gasteiger partial charge in [0.15, 0.2) is 5.25 Å². The molecule has 1 aromatic rings. The molecular formula is C12H16N2O5S. The van der Waals surface area contributed by atoms with Crippen LogP contribution in [0.2, 0.25) is 0 Å². The predicted molar refractivity (Wildman–Crippen MR) is 74.1 cm³/mol. The van der Waals surface area contributed by atoms with Gasteiger partial charge in [-0.1, -0.05) is 12.1 Å². The molecule has 8 heteroatoms. The molecular weight excluding hydrogens is 284 g/mol. The quantitative estimate of drug-likeness (QED) is 0.829. The zero-order chi connectivity index (χ0) is 15.5. The topological polar surface area (TPSA) is 104 Å². The van der Waals surface area contributed by atoms with E-state index in [0.29, 0.717) is 0 Å². The number of carboxylic acid groups (broad SMARTS) is 1. The Kier molecular flexibility index (Phi) is 4.72. The molecule has 7 nitrogen and oxygen atoms in total. The van der Waals surface area contributed by atoms with Gasteiger partial charge in [0.25, 0.3) is 5.91 Å². The molecule has 0 spiro atoms. The summed E-state index contributed by atoms with van der Waals surface area (Å²) in [7, 11) is -1.04. The molecule has 0 bridgehead atoms. The summed E-state index contributed by atoms with van der Waals surface area (Å²) in [6.07, 6.45) is 0. The summed E-state index contributed by atoms with van der Waals surface area (Å²) in [5, 5.41) is 7.15. The van der Waals surface area contributed by atoms with E-state index < -0.39 is 21.2 Å². The van der Waals surface area contributed by atoms with Crippen LogP contribution >= 0.6 is 0 Å². The molecule has 2 N–H and O–H groups in total. The van der Waals surface area contributed by atoms with Gasteiger partial charge >= 0.3 is 5.97 Å². The Morgan fingerprint density at radius 2 is 1.80 bits per heavy atom. The number of amides is 1. The molecule has 110 valence electrons. The van der Waals surface area contributed by atoms with Crippen molar-refractivity contribution >= 4 is 27.6 Å². The minimum atomic E-state index is -4.11. The number of sulfonamides is 1. The van der Waals surface area contributed by atoms with Crippen LogP contribution in [0, 0.1) is 0 Å². The first-order chi connectivity index (χ1) is 9.16. The van der Waals surface area contributed by atoms with Crippen molar-refractivity contribution in [1.82, 2.24) is 4.90 Å². The van der Waals surface area contributed by atoms with Crippen molar-refractivity contribution in [3.63, 3.8) is 0 Å². The maximum absolute atomic E-state index is 11.9. The predicted octanol–water partition coefficient (Wildman–Crippen LogP) is 0.603. The minimum absolute atomic E-state index is 0.0549. The summed E-state index contributed by atoms with van der Waals surface area (Å²) in [5.41, 5.74) is 0.206. The highest BCUT2D eigenvalue weighted by Gasteiger charge is 2.28. The van der Waals surface area contributed by atoms with E-state index in [4.69, 9.17) is 5.11 Å². The number of benzene rings is 1. The smallest absolute Gasteiger partial charge is 0.323 e. The molecule has 1 rings (SSSR count). The van der Waals surface area contributed by atoms with Gasteiger partial charge in [-0.15, -0.1) is 0 Å². The first-order valence-corrected chi connectivity index (χ1v) is 7.26. The molecule has 0 aliphatic rings. The van der Waals surface area contributed by atoms with Crippen LogP contribution in [-0.4, -0.2) is 49.6 Å². The maximum atomic E-state index is 11.9. The number of carbonyl (C=O) groups is 2. The number of aliphatic carboxylic acids is 1. The van der Waals surface area contributed by atoms with Gasteiger partial charge in [-0.25, -0.2) is 8.42 Å². The molecule has 0 radical (unpaired) electrons. The lowest BCUT2D eigenvalue weighted by atomic mass is 10.1. The van der Waals surface area contributed by atoms with Crippen LogP contribution < -0.4 is 4.72 Å². The Bertz CT molecular complexity index is 624. The van der Waals surface area contributed by atoms with Gasteiger partial charge in [-0.3, -0.25) is 14.3 Å². The van der Waals surface area contributed by atoms with Gasteiger partial charge in [0.2, 0.25) is 10.0 Å². The van der Waals surface area contributed by atoms with Gasteiger partial charge in [0, 0.05) is 14.1 Å². The van der Waals surface area contributed by atoms with Crippen molar-refractivity contribution in [2.75, 3.05) is 18.8 Å². The van der Waals surface area contributed by atoms with Crippen LogP contribution in [0.25, 0.3) is 0 Å². The highest BCUT2D eigenvalue weighted by atomic mass is 32.2. The average molecular weight is 300 g/mol. The van der Waals surface area contributed by atoms with Gasteiger partial charge in [-0.2, -0.15) is 0 Å². The van der Waals surface area contributed by atoms with E-state index in [9.17, 15) is 18.0 Å². The fourth-order valence-electron chi connectivity index (χ4n) is 1.37. The monoisotopic (exact) mass is 300 g/mol. The average Bonchev–Trinajstić information content (AvgIpc) is 2.36. The molecule has 1 aromatic carbocycles. The van der Waals surface area contributed by atoms with Crippen molar-refractivity contribution in [3.8, 4) is 0 Å². The van der Waals surface area contributed by atoms with E-state index >= 15 is 0 Å². The van der Waals surface area contributed by atoms with Crippen LogP contribution in [0.15, 0.2) is 24.3 Å². The highest BCUT2D eigenvalue weighted by Crippen LogP contribution is 2.19. The van der Waals surface area contributed by atoms with Crippen molar-refractivity contribution in [2.45, 2.75) is 12.2 Å². The van der Waals surface area contributed by atoms with E-state index in [2.05, 4.69) is 4.72 Å². The lowest BCUT2D eigenvalue weighted by Crippen LogP contribution is -2.33. The zero-order valence-electron chi connectivity index (χ0n) is 11.3. The molecule has 0 aliphatic carbocycles. The Morgan fingerprint density at radius 3 is 2.30 bits per heavy atom. The molecule has 0 aromatic heterocycles. The van der Waals surface area contributed by atoms with Crippen molar-refractivity contribution < 1.29 is 23.1 Å². The SMILES string of the molecule is CC(C(=O)O)S(=O)(=O)Nc1ccccc1C(=O)N(C)C. The number of hydrogen-bond acceptors (Lipinski definition) is 4. The molecule has 20 heavy (non-hydrogen) atoms. The summed E-state index contributed by atoms with van der Waals surface area (Å²) >= 11 is 0. The van der Waals surface area contributed by atoms with E-state index in [0.717, 1.165) is 6.92 Å². The number of nitrogens with zero attached hydrogens (tertiary/aromatic N) is 1. The first kappa shape index (κ1) is 16.0. The van der Waals surface area contributed by atoms with Gasteiger partial charge < -0.3 is 10.0 Å². The van der Waals surface area contributed by atoms with Crippen LogP contribution in [0.1, 0.15) is 17.3 Å². The van der Waals surface area contributed by atoms with Gasteiger partial charge in [0.05, 0.1) is 11.3 Å². The molecule has 0 aliphatic heterocycles. The standard InChI is InChI=1S/C12H16N2O5S/c1-8(12(16)17)20(18,19)13-10-7-5-4-6-9(10)11(15)14(2)3/h4-8,13H,1-3H3,(H,16,17). The van der Waals surface area contributed by atoms with Crippen LogP contribution in [0.5, 0.6) is 0 Å². The second kappa shape index (κ2) is 5.91. The largest absolute Gasteiger partial charge is 0.480 e. The summed E-state index contributed by atoms with van der Waals surface area (Å²) in [5.74, 6) is -1.85. The number of rotatable bonds is 5. The van der Waals surface area contributed by atoms with E-state index in [1.807, 2.05) is 0 Å². The second-order valence-corrected chi connectivity index (χ2v) is 6.37. The molecule has 1 amide bonds. The molecule has 0 fully saturated rings. The van der Waals surface area contributed by atoms with Gasteiger partial charge in [-0.05, 0) is 19.1 Å². The number of carboxylic acids is 1. The molecule has 0 heterocycles. The van der Waals surface area contributed by atoms with Crippen molar-refractivity contribution in [3.05, 3.63) is 29.8 Å². The third-order valence-corrected chi connectivity index (χ3v) is 4.27. The van der Waals surface area contributed by atoms with Crippen molar-refractivity contribution in [1.29, 1.82) is 0 Å². The Balaban J connectivity index is 3.17. The molecule has 0 saturated heterocycles. The van der Waals surface area contributed by atoms with E-state index in [1.54, 1.807) is 12.1 Å². The number of anilines is 1. The first-order valence-electron chi connectivity index (χ1n) is 5.72. The van der Waals surface area contributed by atoms with E-state index in [-0.39, 0.29) is 17.2 Å². The fraction of sp³-hybridized carbons (Fsp3) is 0.333. The maximum Gasteiger partial charge on any atom is 0.323 e. The van der Waals surface area contributed by atoms with Crippen molar-refractivity contribution in [2.24, 2.45) is 0 Å². The summed E-state index contributed by atoms with van der Waals surface area (Å²) in [4.78, 5) is 24.0. The fourth-order valence-corrected chi connectivity index (χ4v) is 2.30. The number of carbonyl (C=O) groups excluding carboxylic acids is 1. The zero-order valence-corrected chi connectivity index (χ0v) is 12.1. The number of nitrogens with one attached hydrogen (secondary N) is 1. The lowest BCUT2D eigenvalue weighted by molar-refractivity contribution is -0.136. The third kappa shape index (κ3) is 3.47. The second-order valence-electron chi connectivity index (χ2n) is 4.37. The van der Waals surface area contributed by atoms with Crippen LogP contribution in [0.3, 0.4) is 0 Å². The van der Waals surface area contributed by atoms with Gasteiger partial charge in [0.1, 0.15) is 0 Å².